The van der Waals surface area contributed by atoms with Gasteiger partial charge in [0.25, 0.3) is 0 Å². The third-order valence-corrected chi connectivity index (χ3v) is 8.87. The third kappa shape index (κ3) is 3.27. The molecule has 21 heavy (non-hydrogen) atoms. The van der Waals surface area contributed by atoms with E-state index in [4.69, 9.17) is 11.2 Å². The normalized spacial score (nSPS) is 11.5. The minimum Gasteiger partial charge on any atom is 0 e. The molecule has 0 saturated carbocycles. The van der Waals surface area contributed by atoms with Crippen LogP contribution in [0.4, 0.5) is 0 Å². The first-order valence-electron chi connectivity index (χ1n) is 6.67. The molecule has 0 aromatic heterocycles. The Labute approximate surface area is 144 Å². The first-order chi connectivity index (χ1) is 9.82. The zero-order valence-corrected chi connectivity index (χ0v) is 14.9. The summed E-state index contributed by atoms with van der Waals surface area (Å²) in [5, 5.41) is 3.66. The maximum atomic E-state index is 7.25. The summed E-state index contributed by atoms with van der Waals surface area (Å²) in [4.78, 5) is 0. The Kier molecular flexibility index (Phi) is 5.71. The molecule has 0 radical (unpaired) electrons. The minimum atomic E-state index is -2.41. The monoisotopic (exact) mass is 400 g/mol. The molecule has 3 rings (SSSR count). The van der Waals surface area contributed by atoms with Gasteiger partial charge < -0.3 is 0 Å². The van der Waals surface area contributed by atoms with Crippen LogP contribution in [0.1, 0.15) is 0 Å². The maximum Gasteiger partial charge on any atom is 0 e. The van der Waals surface area contributed by atoms with Gasteiger partial charge in [0, 0.05) is 19.5 Å². The van der Waals surface area contributed by atoms with Crippen LogP contribution in [0.15, 0.2) is 91.0 Å². The number of hydrogen-bond donors (Lipinski definition) is 0. The zero-order chi connectivity index (χ0) is 13.8. The third-order valence-electron chi connectivity index (χ3n) is 3.51. The quantitative estimate of drug-likeness (QED) is 0.463. The van der Waals surface area contributed by atoms with Gasteiger partial charge in [-0.3, -0.25) is 0 Å². The van der Waals surface area contributed by atoms with E-state index in [2.05, 4.69) is 72.8 Å². The van der Waals surface area contributed by atoms with Gasteiger partial charge in [0.05, 0.1) is 0 Å². The average molecular weight is 400 g/mol. The Morgan fingerprint density at radius 3 is 0.952 bits per heavy atom. The number of benzene rings is 3. The van der Waals surface area contributed by atoms with Gasteiger partial charge in [-0.1, -0.05) is 0 Å². The Morgan fingerprint density at radius 1 is 0.476 bits per heavy atom. The van der Waals surface area contributed by atoms with E-state index in [-0.39, 0.29) is 19.5 Å². The van der Waals surface area contributed by atoms with Crippen LogP contribution in [0.2, 0.25) is 0 Å². The molecular formula is C18H16ClPRu. The van der Waals surface area contributed by atoms with E-state index in [1.165, 1.54) is 15.9 Å². The predicted octanol–water partition coefficient (Wildman–Crippen LogP) is 3.86. The van der Waals surface area contributed by atoms with Crippen molar-refractivity contribution < 1.29 is 19.5 Å². The predicted molar refractivity (Wildman–Crippen MR) is 92.4 cm³/mol. The smallest absolute Gasteiger partial charge is 0 e. The number of rotatable bonds is 3. The molecule has 0 unspecified atom stereocenters. The summed E-state index contributed by atoms with van der Waals surface area (Å²) >= 11 is 7.25. The summed E-state index contributed by atoms with van der Waals surface area (Å²) < 4.78 is 0. The molecule has 0 saturated heterocycles. The van der Waals surface area contributed by atoms with Gasteiger partial charge in [0.2, 0.25) is 0 Å². The second-order valence-electron chi connectivity index (χ2n) is 4.76. The molecule has 3 aromatic rings. The van der Waals surface area contributed by atoms with Gasteiger partial charge in [0.1, 0.15) is 0 Å². The van der Waals surface area contributed by atoms with Gasteiger partial charge in [-0.15, -0.1) is 0 Å². The largest absolute Gasteiger partial charge is 0 e. The molecule has 3 heteroatoms. The molecule has 3 aromatic carbocycles. The fourth-order valence-electron chi connectivity index (χ4n) is 2.50. The van der Waals surface area contributed by atoms with Gasteiger partial charge in [-0.05, 0) is 0 Å². The summed E-state index contributed by atoms with van der Waals surface area (Å²) in [7, 11) is 0. The number of hydrogen-bond acceptors (Lipinski definition) is 0. The van der Waals surface area contributed by atoms with Crippen LogP contribution in [0, 0.1) is 0 Å². The Morgan fingerprint density at radius 2 is 0.714 bits per heavy atom. The topological polar surface area (TPSA) is 0 Å². The molecule has 108 valence electrons. The summed E-state index contributed by atoms with van der Waals surface area (Å²) in [6, 6.07) is 31.3. The second kappa shape index (κ2) is 7.32. The van der Waals surface area contributed by atoms with E-state index < -0.39 is 6.62 Å². The minimum absolute atomic E-state index is 0. The molecule has 0 bridgehead atoms. The van der Waals surface area contributed by atoms with Gasteiger partial charge in [0.15, 0.2) is 0 Å². The molecule has 0 aliphatic rings. The van der Waals surface area contributed by atoms with Crippen molar-refractivity contribution in [2.75, 3.05) is 0 Å². The van der Waals surface area contributed by atoms with Crippen LogP contribution in [0.25, 0.3) is 0 Å². The molecule has 0 fully saturated rings. The van der Waals surface area contributed by atoms with Crippen molar-refractivity contribution in [3.63, 3.8) is 0 Å². The Hall–Kier alpha value is -0.997. The van der Waals surface area contributed by atoms with Crippen LogP contribution in [-0.2, 0) is 19.5 Å². The molecule has 0 spiro atoms. The Balaban J connectivity index is 0.00000161. The van der Waals surface area contributed by atoms with E-state index in [1.54, 1.807) is 0 Å². The van der Waals surface area contributed by atoms with E-state index in [0.29, 0.717) is 0 Å². The zero-order valence-electron chi connectivity index (χ0n) is 11.4. The molecule has 0 N–H and O–H groups in total. The SMILES string of the molecule is Cl[PH](c1ccccc1)(c1ccccc1)c1ccccc1.[Ru]. The molecule has 0 heterocycles. The van der Waals surface area contributed by atoms with E-state index in [0.717, 1.165) is 0 Å². The number of halogens is 1. The van der Waals surface area contributed by atoms with E-state index in [9.17, 15) is 0 Å². The van der Waals surface area contributed by atoms with Crippen molar-refractivity contribution in [3.05, 3.63) is 91.0 Å². The van der Waals surface area contributed by atoms with Gasteiger partial charge >= 0.3 is 125 Å². The van der Waals surface area contributed by atoms with Crippen LogP contribution < -0.4 is 15.9 Å². The molecule has 0 aliphatic heterocycles. The maximum absolute atomic E-state index is 7.25. The fourth-order valence-corrected chi connectivity index (χ4v) is 6.59. The van der Waals surface area contributed by atoms with Crippen LogP contribution in [-0.4, -0.2) is 0 Å². The average Bonchev–Trinajstić information content (AvgIpc) is 2.56. The van der Waals surface area contributed by atoms with Crippen LogP contribution >= 0.6 is 17.9 Å². The summed E-state index contributed by atoms with van der Waals surface area (Å²) in [5.41, 5.74) is 0. The molecule has 0 aliphatic carbocycles. The van der Waals surface area contributed by atoms with Gasteiger partial charge in [-0.25, -0.2) is 0 Å². The van der Waals surface area contributed by atoms with Crippen LogP contribution in [0.3, 0.4) is 0 Å². The summed E-state index contributed by atoms with van der Waals surface area (Å²) in [5.74, 6) is 0. The van der Waals surface area contributed by atoms with E-state index >= 15 is 0 Å². The van der Waals surface area contributed by atoms with Crippen molar-refractivity contribution in [2.45, 2.75) is 0 Å². The standard InChI is InChI=1S/C18H16ClP.Ru/c19-20(16-10-4-1-5-11-16,17-12-6-2-7-13-17)18-14-8-3-9-15-18;/h1-15,20H;. The van der Waals surface area contributed by atoms with Gasteiger partial charge in [-0.2, -0.15) is 0 Å². The van der Waals surface area contributed by atoms with E-state index in [1.807, 2.05) is 18.2 Å². The molecule has 0 amide bonds. The second-order valence-corrected chi connectivity index (χ2v) is 9.51. The molecular weight excluding hydrogens is 384 g/mol. The van der Waals surface area contributed by atoms with Crippen molar-refractivity contribution in [1.82, 2.24) is 0 Å². The van der Waals surface area contributed by atoms with Crippen LogP contribution in [0.5, 0.6) is 0 Å². The first-order valence-corrected chi connectivity index (χ1v) is 9.68. The summed E-state index contributed by atoms with van der Waals surface area (Å²) in [6.45, 7) is -2.41. The Bertz CT molecular complexity index is 575. The summed E-state index contributed by atoms with van der Waals surface area (Å²) in [6.07, 6.45) is 0. The van der Waals surface area contributed by atoms with Crippen molar-refractivity contribution in [1.29, 1.82) is 0 Å². The fraction of sp³-hybridized carbons (Fsp3) is 0. The molecule has 0 nitrogen and oxygen atoms in total. The van der Waals surface area contributed by atoms with Crippen molar-refractivity contribution in [2.24, 2.45) is 0 Å². The first kappa shape index (κ1) is 16.4. The molecule has 0 atom stereocenters. The van der Waals surface area contributed by atoms with Crippen molar-refractivity contribution >= 4 is 33.8 Å². The van der Waals surface area contributed by atoms with Crippen molar-refractivity contribution in [3.8, 4) is 0 Å².